The lowest BCUT2D eigenvalue weighted by Crippen LogP contribution is -2.22. The Morgan fingerprint density at radius 3 is 2.73 bits per heavy atom. The van der Waals surface area contributed by atoms with Gasteiger partial charge in [0.25, 0.3) is 5.91 Å². The van der Waals surface area contributed by atoms with Crippen LogP contribution in [0.15, 0.2) is 47.7 Å². The van der Waals surface area contributed by atoms with E-state index in [-0.39, 0.29) is 16.3 Å². The number of benzene rings is 1. The van der Waals surface area contributed by atoms with Crippen LogP contribution in [-0.2, 0) is 15.7 Å². The normalized spacial score (nSPS) is 11.4. The zero-order chi connectivity index (χ0) is 23.6. The van der Waals surface area contributed by atoms with Crippen LogP contribution in [0.1, 0.15) is 20.9 Å². The number of hydrogen-bond donors (Lipinski definition) is 1. The van der Waals surface area contributed by atoms with Crippen LogP contribution in [0.25, 0.3) is 16.3 Å². The van der Waals surface area contributed by atoms with Crippen molar-refractivity contribution in [3.8, 4) is 16.3 Å². The Morgan fingerprint density at radius 2 is 2.06 bits per heavy atom. The smallest absolute Gasteiger partial charge is 0.416 e. The molecule has 0 bridgehead atoms. The standard InChI is InChI=1S/C20H14F3N5O3S2/c1-11-17(33-18(26-11)12-4-5-32-8-12)19(30)31-7-16(29)27-14-6-13(20(21,22)23)2-3-15(14)28-10-24-9-25-28/h2-6,8-10H,7H2,1H3,(H,27,29). The third-order valence-electron chi connectivity index (χ3n) is 4.35. The Labute approximate surface area is 192 Å². The second-order valence-electron chi connectivity index (χ2n) is 6.64. The molecule has 8 nitrogen and oxygen atoms in total. The first-order chi connectivity index (χ1) is 15.7. The molecule has 3 aromatic heterocycles. The molecule has 0 saturated heterocycles. The Kier molecular flexibility index (Phi) is 6.24. The molecule has 4 aromatic rings. The average molecular weight is 493 g/mol. The summed E-state index contributed by atoms with van der Waals surface area (Å²) in [7, 11) is 0. The highest BCUT2D eigenvalue weighted by Gasteiger charge is 2.31. The Hall–Kier alpha value is -3.58. The number of esters is 1. The van der Waals surface area contributed by atoms with Gasteiger partial charge in [-0.05, 0) is 36.6 Å². The fraction of sp³-hybridized carbons (Fsp3) is 0.150. The molecule has 170 valence electrons. The summed E-state index contributed by atoms with van der Waals surface area (Å²) in [5.41, 5.74) is 0.372. The zero-order valence-corrected chi connectivity index (χ0v) is 18.4. The molecule has 0 spiro atoms. The maximum Gasteiger partial charge on any atom is 0.416 e. The predicted octanol–water partition coefficient (Wildman–Crippen LogP) is 4.58. The molecular formula is C20H14F3N5O3S2. The van der Waals surface area contributed by atoms with E-state index in [1.165, 1.54) is 28.7 Å². The number of carbonyl (C=O) groups excluding carboxylic acids is 2. The zero-order valence-electron chi connectivity index (χ0n) is 16.8. The highest BCUT2D eigenvalue weighted by Crippen LogP contribution is 2.33. The summed E-state index contributed by atoms with van der Waals surface area (Å²) < 4.78 is 45.7. The number of alkyl halides is 3. The van der Waals surface area contributed by atoms with Gasteiger partial charge in [-0.1, -0.05) is 0 Å². The Balaban J connectivity index is 1.47. The van der Waals surface area contributed by atoms with Crippen molar-refractivity contribution in [2.45, 2.75) is 13.1 Å². The average Bonchev–Trinajstić information content (AvgIpc) is 3.52. The van der Waals surface area contributed by atoms with E-state index in [1.807, 2.05) is 16.8 Å². The molecule has 1 aromatic carbocycles. The molecule has 0 aliphatic heterocycles. The number of aromatic nitrogens is 4. The van der Waals surface area contributed by atoms with Crippen molar-refractivity contribution in [3.63, 3.8) is 0 Å². The van der Waals surface area contributed by atoms with Crippen LogP contribution < -0.4 is 5.32 Å². The second kappa shape index (κ2) is 9.11. The first-order valence-electron chi connectivity index (χ1n) is 9.25. The summed E-state index contributed by atoms with van der Waals surface area (Å²) >= 11 is 2.62. The van der Waals surface area contributed by atoms with Gasteiger partial charge in [-0.3, -0.25) is 4.79 Å². The minimum atomic E-state index is -4.61. The molecule has 0 atom stereocenters. The largest absolute Gasteiger partial charge is 0.451 e. The summed E-state index contributed by atoms with van der Waals surface area (Å²) in [5.74, 6) is -1.56. The van der Waals surface area contributed by atoms with Crippen molar-refractivity contribution < 1.29 is 27.5 Å². The quantitative estimate of drug-likeness (QED) is 0.395. The molecular weight excluding hydrogens is 479 g/mol. The fourth-order valence-electron chi connectivity index (χ4n) is 2.82. The number of halogens is 3. The van der Waals surface area contributed by atoms with Gasteiger partial charge in [0.05, 0.1) is 22.6 Å². The number of rotatable bonds is 6. The van der Waals surface area contributed by atoms with Crippen LogP contribution >= 0.6 is 22.7 Å². The van der Waals surface area contributed by atoms with Crippen LogP contribution in [-0.4, -0.2) is 38.2 Å². The third-order valence-corrected chi connectivity index (χ3v) is 6.22. The van der Waals surface area contributed by atoms with Crippen LogP contribution in [0.3, 0.4) is 0 Å². The van der Waals surface area contributed by atoms with E-state index in [2.05, 4.69) is 20.4 Å². The topological polar surface area (TPSA) is 99.0 Å². The van der Waals surface area contributed by atoms with Gasteiger partial charge < -0.3 is 10.1 Å². The van der Waals surface area contributed by atoms with Gasteiger partial charge in [-0.25, -0.2) is 19.4 Å². The number of nitrogens with zero attached hydrogens (tertiary/aromatic N) is 4. The van der Waals surface area contributed by atoms with Crippen molar-refractivity contribution >= 4 is 40.2 Å². The van der Waals surface area contributed by atoms with Gasteiger partial charge in [0.1, 0.15) is 22.5 Å². The number of amides is 1. The van der Waals surface area contributed by atoms with Crippen LogP contribution in [0.5, 0.6) is 0 Å². The summed E-state index contributed by atoms with van der Waals surface area (Å²) in [6.45, 7) is 0.951. The maximum atomic E-state index is 13.1. The molecule has 0 radical (unpaired) electrons. The van der Waals surface area contributed by atoms with E-state index >= 15 is 0 Å². The number of nitrogens with one attached hydrogen (secondary N) is 1. The summed E-state index contributed by atoms with van der Waals surface area (Å²) in [4.78, 5) is 33.2. The van der Waals surface area contributed by atoms with Crippen molar-refractivity contribution in [2.75, 3.05) is 11.9 Å². The van der Waals surface area contributed by atoms with Crippen LogP contribution in [0.4, 0.5) is 18.9 Å². The lowest BCUT2D eigenvalue weighted by molar-refractivity contribution is -0.137. The lowest BCUT2D eigenvalue weighted by Gasteiger charge is -2.14. The summed E-state index contributed by atoms with van der Waals surface area (Å²) in [6, 6.07) is 4.67. The van der Waals surface area contributed by atoms with Gasteiger partial charge in [0, 0.05) is 10.9 Å². The van der Waals surface area contributed by atoms with E-state index in [1.54, 1.807) is 6.92 Å². The molecule has 0 fully saturated rings. The highest BCUT2D eigenvalue weighted by atomic mass is 32.1. The number of thiophene rings is 1. The second-order valence-corrected chi connectivity index (χ2v) is 8.42. The van der Waals surface area contributed by atoms with E-state index in [9.17, 15) is 22.8 Å². The Bertz CT molecular complexity index is 1290. The highest BCUT2D eigenvalue weighted by molar-refractivity contribution is 7.17. The molecule has 0 aliphatic carbocycles. The van der Waals surface area contributed by atoms with E-state index in [0.717, 1.165) is 35.1 Å². The van der Waals surface area contributed by atoms with Crippen molar-refractivity contribution in [1.82, 2.24) is 19.7 Å². The van der Waals surface area contributed by atoms with Gasteiger partial charge in [0.2, 0.25) is 0 Å². The SMILES string of the molecule is Cc1nc(-c2ccsc2)sc1C(=O)OCC(=O)Nc1cc(C(F)(F)F)ccc1-n1cncn1. The Morgan fingerprint density at radius 1 is 1.24 bits per heavy atom. The van der Waals surface area contributed by atoms with Gasteiger partial charge in [0.15, 0.2) is 6.61 Å². The predicted molar refractivity (Wildman–Crippen MR) is 115 cm³/mol. The third kappa shape index (κ3) is 5.09. The molecule has 33 heavy (non-hydrogen) atoms. The summed E-state index contributed by atoms with van der Waals surface area (Å²) in [5, 5.41) is 10.6. The van der Waals surface area contributed by atoms with E-state index < -0.39 is 30.2 Å². The number of carbonyl (C=O) groups is 2. The molecule has 1 amide bonds. The number of aryl methyl sites for hydroxylation is 1. The monoisotopic (exact) mass is 493 g/mol. The number of anilines is 1. The number of ether oxygens (including phenoxy) is 1. The molecule has 0 saturated carbocycles. The molecule has 4 rings (SSSR count). The minimum absolute atomic E-state index is 0.162. The van der Waals surface area contributed by atoms with Crippen molar-refractivity contribution in [3.05, 3.63) is 63.8 Å². The van der Waals surface area contributed by atoms with E-state index in [0.29, 0.717) is 10.7 Å². The fourth-order valence-corrected chi connectivity index (χ4v) is 4.49. The van der Waals surface area contributed by atoms with Gasteiger partial charge in [-0.15, -0.1) is 11.3 Å². The molecule has 0 aliphatic rings. The minimum Gasteiger partial charge on any atom is -0.451 e. The summed E-state index contributed by atoms with van der Waals surface area (Å²) in [6.07, 6.45) is -2.14. The number of thiazole rings is 1. The van der Waals surface area contributed by atoms with Crippen molar-refractivity contribution in [1.29, 1.82) is 0 Å². The van der Waals surface area contributed by atoms with Gasteiger partial charge in [-0.2, -0.15) is 29.6 Å². The molecule has 1 N–H and O–H groups in total. The lowest BCUT2D eigenvalue weighted by atomic mass is 10.1. The van der Waals surface area contributed by atoms with Crippen molar-refractivity contribution in [2.24, 2.45) is 0 Å². The van der Waals surface area contributed by atoms with Gasteiger partial charge >= 0.3 is 12.1 Å². The molecule has 0 unspecified atom stereocenters. The maximum absolute atomic E-state index is 13.1. The number of hydrogen-bond acceptors (Lipinski definition) is 8. The first-order valence-corrected chi connectivity index (χ1v) is 11.0. The first kappa shape index (κ1) is 22.6. The van der Waals surface area contributed by atoms with Crippen LogP contribution in [0.2, 0.25) is 0 Å². The van der Waals surface area contributed by atoms with Crippen LogP contribution in [0, 0.1) is 6.92 Å². The van der Waals surface area contributed by atoms with E-state index in [4.69, 9.17) is 4.74 Å². The molecule has 13 heteroatoms. The molecule has 3 heterocycles.